The number of carbonyl (C=O) groups excluding carboxylic acids is 1. The van der Waals surface area contributed by atoms with E-state index < -0.39 is 0 Å². The molecule has 1 aromatic rings. The van der Waals surface area contributed by atoms with Crippen LogP contribution in [0.15, 0.2) is 17.5 Å². The molecule has 1 aromatic heterocycles. The van der Waals surface area contributed by atoms with Gasteiger partial charge in [-0.25, -0.2) is 0 Å². The molecule has 84 valence electrons. The zero-order chi connectivity index (χ0) is 11.4. The first-order chi connectivity index (χ1) is 7.02. The molecule has 0 aliphatic carbocycles. The lowest BCUT2D eigenvalue weighted by atomic mass is 10.1. The van der Waals surface area contributed by atoms with Crippen molar-refractivity contribution in [1.82, 2.24) is 5.32 Å². The monoisotopic (exact) mass is 243 g/mol. The zero-order valence-electron chi connectivity index (χ0n) is 9.23. The second-order valence-corrected chi connectivity index (χ2v) is 5.47. The Balaban J connectivity index is 2.52. The Kier molecular flexibility index (Phi) is 4.67. The highest BCUT2D eigenvalue weighted by Gasteiger charge is 2.19. The van der Waals surface area contributed by atoms with Crippen molar-refractivity contribution in [2.45, 2.75) is 32.1 Å². The van der Waals surface area contributed by atoms with Gasteiger partial charge in [0.2, 0.25) is 5.91 Å². The van der Waals surface area contributed by atoms with Crippen molar-refractivity contribution in [2.75, 3.05) is 0 Å². The second-order valence-electron chi connectivity index (χ2n) is 3.93. The van der Waals surface area contributed by atoms with Crippen LogP contribution in [0.1, 0.15) is 31.7 Å². The number of amides is 1. The Morgan fingerprint density at radius 2 is 2.13 bits per heavy atom. The first kappa shape index (κ1) is 12.6. The largest absolute Gasteiger partial charge is 0.348 e. The van der Waals surface area contributed by atoms with Gasteiger partial charge in [0.1, 0.15) is 0 Å². The van der Waals surface area contributed by atoms with E-state index in [1.54, 1.807) is 11.3 Å². The summed E-state index contributed by atoms with van der Waals surface area (Å²) in [4.78, 5) is 12.9. The van der Waals surface area contributed by atoms with E-state index in [9.17, 15) is 4.79 Å². The Labute approximate surface area is 100 Å². The first-order valence-electron chi connectivity index (χ1n) is 5.04. The maximum absolute atomic E-state index is 11.7. The first-order valence-corrected chi connectivity index (χ1v) is 6.43. The molecule has 0 saturated heterocycles. The smallest absolute Gasteiger partial charge is 0.233 e. The third-order valence-electron chi connectivity index (χ3n) is 2.23. The molecule has 0 spiro atoms. The van der Waals surface area contributed by atoms with Crippen molar-refractivity contribution < 1.29 is 4.79 Å². The van der Waals surface area contributed by atoms with Crippen LogP contribution in [0.25, 0.3) is 0 Å². The number of hydrogen-bond acceptors (Lipinski definition) is 3. The van der Waals surface area contributed by atoms with Crippen LogP contribution in [0.4, 0.5) is 0 Å². The SMILES string of the molecule is CC(NC(=O)C(S)C(C)C)c1cccs1. The lowest BCUT2D eigenvalue weighted by Gasteiger charge is -2.18. The van der Waals surface area contributed by atoms with Crippen LogP contribution < -0.4 is 5.32 Å². The van der Waals surface area contributed by atoms with Crippen molar-refractivity contribution in [3.8, 4) is 0 Å². The van der Waals surface area contributed by atoms with Crippen molar-refractivity contribution in [3.05, 3.63) is 22.4 Å². The number of rotatable bonds is 4. The van der Waals surface area contributed by atoms with Gasteiger partial charge in [-0.3, -0.25) is 4.79 Å². The van der Waals surface area contributed by atoms with Crippen LogP contribution in [-0.4, -0.2) is 11.2 Å². The van der Waals surface area contributed by atoms with Crippen molar-refractivity contribution >= 4 is 29.9 Å². The molecule has 15 heavy (non-hydrogen) atoms. The van der Waals surface area contributed by atoms with Gasteiger partial charge < -0.3 is 5.32 Å². The Hall–Kier alpha value is -0.480. The lowest BCUT2D eigenvalue weighted by molar-refractivity contribution is -0.121. The van der Waals surface area contributed by atoms with E-state index >= 15 is 0 Å². The summed E-state index contributed by atoms with van der Waals surface area (Å²) in [5.74, 6) is 0.262. The predicted molar refractivity (Wildman–Crippen MR) is 68.5 cm³/mol. The van der Waals surface area contributed by atoms with E-state index in [2.05, 4.69) is 17.9 Å². The summed E-state index contributed by atoms with van der Waals surface area (Å²) in [6, 6.07) is 4.09. The summed E-state index contributed by atoms with van der Waals surface area (Å²) in [5, 5.41) is 4.74. The summed E-state index contributed by atoms with van der Waals surface area (Å²) in [7, 11) is 0. The molecule has 0 aliphatic rings. The summed E-state index contributed by atoms with van der Waals surface area (Å²) in [6.45, 7) is 5.98. The van der Waals surface area contributed by atoms with Crippen molar-refractivity contribution in [3.63, 3.8) is 0 Å². The van der Waals surface area contributed by atoms with E-state index in [-0.39, 0.29) is 23.1 Å². The van der Waals surface area contributed by atoms with E-state index in [0.717, 1.165) is 0 Å². The molecular formula is C11H17NOS2. The van der Waals surface area contributed by atoms with Gasteiger partial charge in [-0.15, -0.1) is 11.3 Å². The van der Waals surface area contributed by atoms with Gasteiger partial charge in [0.25, 0.3) is 0 Å². The second kappa shape index (κ2) is 5.56. The molecule has 2 nitrogen and oxygen atoms in total. The van der Waals surface area contributed by atoms with Crippen LogP contribution in [0.2, 0.25) is 0 Å². The molecule has 2 unspecified atom stereocenters. The van der Waals surface area contributed by atoms with Crippen LogP contribution in [0.5, 0.6) is 0 Å². The van der Waals surface area contributed by atoms with Crippen LogP contribution in [0.3, 0.4) is 0 Å². The van der Waals surface area contributed by atoms with Gasteiger partial charge in [-0.1, -0.05) is 19.9 Å². The molecule has 0 radical (unpaired) electrons. The van der Waals surface area contributed by atoms with E-state index in [0.29, 0.717) is 0 Å². The standard InChI is InChI=1S/C11H17NOS2/c1-7(2)10(14)11(13)12-8(3)9-5-4-6-15-9/h4-8,10,14H,1-3H3,(H,12,13). The average molecular weight is 243 g/mol. The summed E-state index contributed by atoms with van der Waals surface area (Å²) < 4.78 is 0. The van der Waals surface area contributed by atoms with E-state index in [1.807, 2.05) is 38.3 Å². The summed E-state index contributed by atoms with van der Waals surface area (Å²) in [5.41, 5.74) is 0. The normalized spacial score (nSPS) is 15.0. The molecule has 0 aromatic carbocycles. The minimum Gasteiger partial charge on any atom is -0.348 e. The molecule has 0 saturated carbocycles. The van der Waals surface area contributed by atoms with Gasteiger partial charge in [-0.2, -0.15) is 12.6 Å². The van der Waals surface area contributed by atoms with Crippen LogP contribution >= 0.6 is 24.0 Å². The van der Waals surface area contributed by atoms with Gasteiger partial charge in [-0.05, 0) is 24.3 Å². The Morgan fingerprint density at radius 1 is 1.47 bits per heavy atom. The molecule has 1 rings (SSSR count). The molecule has 2 atom stereocenters. The average Bonchev–Trinajstić information content (AvgIpc) is 2.68. The quantitative estimate of drug-likeness (QED) is 0.782. The van der Waals surface area contributed by atoms with E-state index in [1.165, 1.54) is 4.88 Å². The van der Waals surface area contributed by atoms with Crippen LogP contribution in [-0.2, 0) is 4.79 Å². The lowest BCUT2D eigenvalue weighted by Crippen LogP contribution is -2.35. The minimum atomic E-state index is -0.229. The third kappa shape index (κ3) is 3.54. The van der Waals surface area contributed by atoms with Crippen molar-refractivity contribution in [1.29, 1.82) is 0 Å². The maximum Gasteiger partial charge on any atom is 0.233 e. The maximum atomic E-state index is 11.7. The Morgan fingerprint density at radius 3 is 2.60 bits per heavy atom. The number of hydrogen-bond donors (Lipinski definition) is 2. The molecule has 0 bridgehead atoms. The molecule has 4 heteroatoms. The summed E-state index contributed by atoms with van der Waals surface area (Å²) in [6.07, 6.45) is 0. The molecule has 1 N–H and O–H groups in total. The molecular weight excluding hydrogens is 226 g/mol. The van der Waals surface area contributed by atoms with Gasteiger partial charge in [0.05, 0.1) is 11.3 Å². The molecule has 0 fully saturated rings. The fourth-order valence-electron chi connectivity index (χ4n) is 1.21. The zero-order valence-corrected chi connectivity index (χ0v) is 10.9. The molecule has 1 heterocycles. The van der Waals surface area contributed by atoms with Gasteiger partial charge >= 0.3 is 0 Å². The Bertz CT molecular complexity index is 308. The van der Waals surface area contributed by atoms with Crippen molar-refractivity contribution in [2.24, 2.45) is 5.92 Å². The number of carbonyl (C=O) groups is 1. The fraction of sp³-hybridized carbons (Fsp3) is 0.545. The highest BCUT2D eigenvalue weighted by atomic mass is 32.1. The van der Waals surface area contributed by atoms with Gasteiger partial charge in [0.15, 0.2) is 0 Å². The minimum absolute atomic E-state index is 0.00855. The number of thiol groups is 1. The highest BCUT2D eigenvalue weighted by Crippen LogP contribution is 2.19. The van der Waals surface area contributed by atoms with E-state index in [4.69, 9.17) is 0 Å². The number of thiophene rings is 1. The van der Waals surface area contributed by atoms with Gasteiger partial charge in [0, 0.05) is 4.88 Å². The highest BCUT2D eigenvalue weighted by molar-refractivity contribution is 7.81. The molecule has 0 aliphatic heterocycles. The molecule has 1 amide bonds. The fourth-order valence-corrected chi connectivity index (χ4v) is 2.02. The number of nitrogens with one attached hydrogen (secondary N) is 1. The van der Waals surface area contributed by atoms with Crippen LogP contribution in [0, 0.1) is 5.92 Å². The summed E-state index contributed by atoms with van der Waals surface area (Å²) >= 11 is 5.94. The predicted octanol–water partition coefficient (Wildman–Crippen LogP) is 2.88. The third-order valence-corrected chi connectivity index (χ3v) is 4.11. The topological polar surface area (TPSA) is 29.1 Å².